The summed E-state index contributed by atoms with van der Waals surface area (Å²) in [6.45, 7) is 0. The highest BCUT2D eigenvalue weighted by Crippen LogP contribution is 2.29. The van der Waals surface area contributed by atoms with Crippen LogP contribution in [-0.2, 0) is 10.5 Å². The van der Waals surface area contributed by atoms with Gasteiger partial charge in [-0.1, -0.05) is 35.9 Å². The van der Waals surface area contributed by atoms with E-state index in [9.17, 15) is 10.1 Å². The summed E-state index contributed by atoms with van der Waals surface area (Å²) in [5.41, 5.74) is 6.76. The molecule has 0 radical (unpaired) electrons. The number of carbonyl (C=O) groups excluding carboxylic acids is 1. The van der Waals surface area contributed by atoms with Gasteiger partial charge in [0.05, 0.1) is 12.1 Å². The number of nitrogens with zero attached hydrogens (tertiary/aromatic N) is 1. The van der Waals surface area contributed by atoms with E-state index < -0.39 is 5.91 Å². The number of nitrogens with one attached hydrogen (secondary N) is 1. The van der Waals surface area contributed by atoms with Crippen molar-refractivity contribution in [3.63, 3.8) is 0 Å². The smallest absolute Gasteiger partial charge is 0.262 e. The molecular formula is C18H16ClN3O2S. The van der Waals surface area contributed by atoms with Crippen molar-refractivity contribution < 1.29 is 9.53 Å². The summed E-state index contributed by atoms with van der Waals surface area (Å²) < 4.78 is 5.18. The molecule has 1 amide bonds. The van der Waals surface area contributed by atoms with Gasteiger partial charge in [0.2, 0.25) is 0 Å². The van der Waals surface area contributed by atoms with Crippen LogP contribution >= 0.6 is 23.4 Å². The third-order valence-corrected chi connectivity index (χ3v) is 4.66. The van der Waals surface area contributed by atoms with Gasteiger partial charge >= 0.3 is 0 Å². The lowest BCUT2D eigenvalue weighted by Crippen LogP contribution is -2.16. The van der Waals surface area contributed by atoms with E-state index in [1.807, 2.05) is 24.3 Å². The number of carbonyl (C=O) groups is 1. The number of hydrogen-bond donors (Lipinski definition) is 2. The molecule has 2 aromatic carbocycles. The lowest BCUT2D eigenvalue weighted by molar-refractivity contribution is -0.114. The first-order valence-corrected chi connectivity index (χ1v) is 8.63. The van der Waals surface area contributed by atoms with Crippen LogP contribution in [0.1, 0.15) is 5.56 Å². The van der Waals surface area contributed by atoms with Crippen LogP contribution in [0, 0.1) is 11.3 Å². The van der Waals surface area contributed by atoms with Gasteiger partial charge in [-0.2, -0.15) is 5.26 Å². The summed E-state index contributed by atoms with van der Waals surface area (Å²) in [4.78, 5) is 11.6. The Labute approximate surface area is 155 Å². The number of methoxy groups -OCH3 is 1. The van der Waals surface area contributed by atoms with Gasteiger partial charge in [0.1, 0.15) is 17.4 Å². The van der Waals surface area contributed by atoms with Crippen LogP contribution in [0.15, 0.2) is 59.1 Å². The molecule has 5 nitrogen and oxygen atoms in total. The molecule has 2 rings (SSSR count). The number of rotatable bonds is 7. The second-order valence-corrected chi connectivity index (χ2v) is 6.31. The maximum atomic E-state index is 11.6. The van der Waals surface area contributed by atoms with Crippen LogP contribution in [0.25, 0.3) is 0 Å². The van der Waals surface area contributed by atoms with E-state index in [1.165, 1.54) is 11.8 Å². The van der Waals surface area contributed by atoms with Crippen molar-refractivity contribution >= 4 is 35.0 Å². The van der Waals surface area contributed by atoms with Crippen LogP contribution < -0.4 is 15.8 Å². The van der Waals surface area contributed by atoms with E-state index in [0.717, 1.165) is 5.56 Å². The molecule has 0 saturated carbocycles. The van der Waals surface area contributed by atoms with Crippen LogP contribution in [-0.4, -0.2) is 13.0 Å². The van der Waals surface area contributed by atoms with Gasteiger partial charge in [0.25, 0.3) is 5.91 Å². The maximum absolute atomic E-state index is 11.6. The molecule has 7 heteroatoms. The largest absolute Gasteiger partial charge is 0.497 e. The molecular weight excluding hydrogens is 358 g/mol. The van der Waals surface area contributed by atoms with Gasteiger partial charge in [0.15, 0.2) is 0 Å². The molecule has 3 N–H and O–H groups in total. The summed E-state index contributed by atoms with van der Waals surface area (Å²) in [5.74, 6) is 0.336. The normalized spacial score (nSPS) is 11.2. The Morgan fingerprint density at radius 2 is 2.08 bits per heavy atom. The molecule has 0 unspecified atom stereocenters. The minimum Gasteiger partial charge on any atom is -0.497 e. The molecule has 0 aliphatic carbocycles. The van der Waals surface area contributed by atoms with Crippen molar-refractivity contribution in [3.05, 3.63) is 69.7 Å². The molecule has 0 aromatic heterocycles. The highest BCUT2D eigenvalue weighted by Gasteiger charge is 2.14. The van der Waals surface area contributed by atoms with E-state index in [1.54, 1.807) is 37.4 Å². The van der Waals surface area contributed by atoms with Gasteiger partial charge in [-0.25, -0.2) is 0 Å². The standard InChI is InChI=1S/C18H16ClN3O2S/c1-24-14-7-4-6-13(9-14)22-18(15(10-20)17(21)23)25-11-12-5-2-3-8-16(12)19/h2-9,22H,11H2,1H3,(H2,21,23). The highest BCUT2D eigenvalue weighted by atomic mass is 35.5. The quantitative estimate of drug-likeness (QED) is 0.567. The molecule has 2 aromatic rings. The SMILES string of the molecule is COc1cccc(NC(SCc2ccccc2Cl)=C(C#N)C(N)=O)c1. The average molecular weight is 374 g/mol. The van der Waals surface area contributed by atoms with Crippen molar-refractivity contribution in [2.45, 2.75) is 5.75 Å². The molecule has 0 spiro atoms. The number of anilines is 1. The summed E-state index contributed by atoms with van der Waals surface area (Å²) in [5, 5.41) is 13.3. The number of nitriles is 1. The molecule has 0 fully saturated rings. The van der Waals surface area contributed by atoms with E-state index in [4.69, 9.17) is 22.1 Å². The van der Waals surface area contributed by atoms with E-state index in [2.05, 4.69) is 5.32 Å². The zero-order valence-electron chi connectivity index (χ0n) is 13.5. The van der Waals surface area contributed by atoms with Crippen molar-refractivity contribution in [3.8, 4) is 11.8 Å². The number of nitrogens with two attached hydrogens (primary N) is 1. The number of amides is 1. The fourth-order valence-corrected chi connectivity index (χ4v) is 3.30. The molecule has 0 aliphatic heterocycles. The van der Waals surface area contributed by atoms with Crippen molar-refractivity contribution in [1.82, 2.24) is 0 Å². The second kappa shape index (κ2) is 9.02. The first-order valence-electron chi connectivity index (χ1n) is 7.26. The Hall–Kier alpha value is -2.62. The Kier molecular flexibility index (Phi) is 6.75. The fourth-order valence-electron chi connectivity index (χ4n) is 1.99. The number of primary amides is 1. The van der Waals surface area contributed by atoms with Crippen LogP contribution in [0.4, 0.5) is 5.69 Å². The van der Waals surface area contributed by atoms with E-state index in [0.29, 0.717) is 27.2 Å². The minimum atomic E-state index is -0.792. The number of hydrogen-bond acceptors (Lipinski definition) is 5. The van der Waals surface area contributed by atoms with Gasteiger partial charge < -0.3 is 15.8 Å². The van der Waals surface area contributed by atoms with Gasteiger partial charge in [-0.15, -0.1) is 11.8 Å². The zero-order chi connectivity index (χ0) is 18.2. The summed E-state index contributed by atoms with van der Waals surface area (Å²) in [7, 11) is 1.56. The minimum absolute atomic E-state index is 0.139. The fraction of sp³-hybridized carbons (Fsp3) is 0.111. The highest BCUT2D eigenvalue weighted by molar-refractivity contribution is 8.02. The van der Waals surface area contributed by atoms with Gasteiger partial charge in [-0.05, 0) is 23.8 Å². The Balaban J connectivity index is 2.29. The Morgan fingerprint density at radius 3 is 2.72 bits per heavy atom. The summed E-state index contributed by atoms with van der Waals surface area (Å²) in [6.07, 6.45) is 0. The van der Waals surface area contributed by atoms with Crippen LogP contribution in [0.5, 0.6) is 5.75 Å². The molecule has 0 heterocycles. The zero-order valence-corrected chi connectivity index (χ0v) is 15.0. The van der Waals surface area contributed by atoms with Crippen molar-refractivity contribution in [2.24, 2.45) is 5.73 Å². The first kappa shape index (κ1) is 18.7. The summed E-state index contributed by atoms with van der Waals surface area (Å²) >= 11 is 7.44. The van der Waals surface area contributed by atoms with Crippen LogP contribution in [0.3, 0.4) is 0 Å². The number of thioether (sulfide) groups is 1. The number of benzene rings is 2. The van der Waals surface area contributed by atoms with Gasteiger partial charge in [-0.3, -0.25) is 4.79 Å². The van der Waals surface area contributed by atoms with E-state index in [-0.39, 0.29) is 5.57 Å². The molecule has 0 saturated heterocycles. The van der Waals surface area contributed by atoms with E-state index >= 15 is 0 Å². The molecule has 0 atom stereocenters. The molecule has 25 heavy (non-hydrogen) atoms. The third kappa shape index (κ3) is 5.18. The molecule has 0 bridgehead atoms. The lowest BCUT2D eigenvalue weighted by Gasteiger charge is -2.13. The van der Waals surface area contributed by atoms with Crippen molar-refractivity contribution in [2.75, 3.05) is 12.4 Å². The number of ether oxygens (including phenoxy) is 1. The second-order valence-electron chi connectivity index (χ2n) is 4.92. The first-order chi connectivity index (χ1) is 12.0. The Bertz CT molecular complexity index is 846. The van der Waals surface area contributed by atoms with Crippen molar-refractivity contribution in [1.29, 1.82) is 5.26 Å². The monoisotopic (exact) mass is 373 g/mol. The van der Waals surface area contributed by atoms with Crippen LogP contribution in [0.2, 0.25) is 5.02 Å². The predicted molar refractivity (Wildman–Crippen MR) is 101 cm³/mol. The summed E-state index contributed by atoms with van der Waals surface area (Å²) in [6, 6.07) is 16.4. The van der Waals surface area contributed by atoms with Gasteiger partial charge in [0, 0.05) is 22.5 Å². The lowest BCUT2D eigenvalue weighted by atomic mass is 10.2. The number of halogens is 1. The molecule has 0 aliphatic rings. The topological polar surface area (TPSA) is 88.1 Å². The Morgan fingerprint density at radius 1 is 1.32 bits per heavy atom. The third-order valence-electron chi connectivity index (χ3n) is 3.24. The average Bonchev–Trinajstić information content (AvgIpc) is 2.61. The maximum Gasteiger partial charge on any atom is 0.262 e. The predicted octanol–water partition coefficient (Wildman–Crippen LogP) is 3.91. The molecule has 128 valence electrons.